The van der Waals surface area contributed by atoms with E-state index >= 15 is 0 Å². The van der Waals surface area contributed by atoms with Gasteiger partial charge in [-0.25, -0.2) is 4.79 Å². The van der Waals surface area contributed by atoms with Crippen LogP contribution in [0.15, 0.2) is 0 Å². The van der Waals surface area contributed by atoms with Crippen molar-refractivity contribution >= 4 is 17.9 Å². The Bertz CT molecular complexity index is 505. The zero-order valence-electron chi connectivity index (χ0n) is 14.9. The normalized spacial score (nSPS) is 25.2. The van der Waals surface area contributed by atoms with Crippen LogP contribution in [0.5, 0.6) is 0 Å². The van der Waals surface area contributed by atoms with Gasteiger partial charge in [0.25, 0.3) is 0 Å². The lowest BCUT2D eigenvalue weighted by Gasteiger charge is -2.35. The number of amides is 3. The minimum Gasteiger partial charge on any atom is -0.448 e. The molecule has 0 aromatic carbocycles. The van der Waals surface area contributed by atoms with Crippen molar-refractivity contribution in [2.75, 3.05) is 39.3 Å². The van der Waals surface area contributed by atoms with Crippen LogP contribution in [0, 0.1) is 11.8 Å². The number of rotatable bonds is 6. The molecule has 2 heterocycles. The maximum Gasteiger partial charge on any atom is 0.409 e. The summed E-state index contributed by atoms with van der Waals surface area (Å²) in [6.45, 7) is 3.26. The van der Waals surface area contributed by atoms with Gasteiger partial charge in [-0.1, -0.05) is 19.3 Å². The molecule has 0 bridgehead atoms. The molecule has 1 aliphatic carbocycles. The Morgan fingerprint density at radius 2 is 1.92 bits per heavy atom. The molecule has 1 unspecified atom stereocenters. The van der Waals surface area contributed by atoms with E-state index in [4.69, 9.17) is 4.74 Å². The summed E-state index contributed by atoms with van der Waals surface area (Å²) in [4.78, 5) is 39.5. The molecule has 0 radical (unpaired) electrons. The van der Waals surface area contributed by atoms with Gasteiger partial charge in [-0.3, -0.25) is 9.59 Å². The second kappa shape index (κ2) is 8.54. The molecule has 1 N–H and O–H groups in total. The van der Waals surface area contributed by atoms with E-state index in [0.29, 0.717) is 51.5 Å². The van der Waals surface area contributed by atoms with E-state index in [0.717, 1.165) is 6.54 Å². The summed E-state index contributed by atoms with van der Waals surface area (Å²) < 4.78 is 4.87. The number of piperidine rings is 1. The van der Waals surface area contributed by atoms with Crippen molar-refractivity contribution < 1.29 is 19.1 Å². The first kappa shape index (κ1) is 18.0. The Morgan fingerprint density at radius 1 is 1.12 bits per heavy atom. The summed E-state index contributed by atoms with van der Waals surface area (Å²) in [6.07, 6.45) is 7.00. The lowest BCUT2D eigenvalue weighted by Crippen LogP contribution is -2.48. The Labute approximate surface area is 149 Å². The predicted octanol–water partition coefficient (Wildman–Crippen LogP) is 1.37. The van der Waals surface area contributed by atoms with Gasteiger partial charge >= 0.3 is 6.09 Å². The molecule has 0 aromatic heterocycles. The highest BCUT2D eigenvalue weighted by Gasteiger charge is 2.31. The number of ether oxygens (including phenoxy) is 1. The fourth-order valence-electron chi connectivity index (χ4n) is 4.07. The molecule has 0 spiro atoms. The number of hydrogen-bond acceptors (Lipinski definition) is 4. The van der Waals surface area contributed by atoms with Gasteiger partial charge in [0.05, 0.1) is 12.5 Å². The second-order valence-corrected chi connectivity index (χ2v) is 7.43. The smallest absolute Gasteiger partial charge is 0.409 e. The number of nitrogens with zero attached hydrogens (tertiary/aromatic N) is 2. The molecule has 3 aliphatic rings. The molecule has 3 amide bonds. The van der Waals surface area contributed by atoms with Crippen LogP contribution in [0.25, 0.3) is 0 Å². The third kappa shape index (κ3) is 4.86. The van der Waals surface area contributed by atoms with Crippen LogP contribution < -0.4 is 5.32 Å². The second-order valence-electron chi connectivity index (χ2n) is 7.43. The molecule has 1 saturated carbocycles. The molecular weight excluding hydrogens is 322 g/mol. The van der Waals surface area contributed by atoms with Gasteiger partial charge < -0.3 is 19.9 Å². The van der Waals surface area contributed by atoms with E-state index in [1.807, 2.05) is 4.90 Å². The zero-order valence-corrected chi connectivity index (χ0v) is 14.9. The Morgan fingerprint density at radius 3 is 2.64 bits per heavy atom. The molecule has 7 heteroatoms. The van der Waals surface area contributed by atoms with E-state index in [1.54, 1.807) is 4.90 Å². The minimum atomic E-state index is -0.309. The molecule has 7 nitrogen and oxygen atoms in total. The van der Waals surface area contributed by atoms with Crippen LogP contribution in [0.4, 0.5) is 4.79 Å². The van der Waals surface area contributed by atoms with E-state index in [2.05, 4.69) is 5.32 Å². The number of likely N-dealkylation sites (tertiary alicyclic amines) is 1. The van der Waals surface area contributed by atoms with Gasteiger partial charge in [0, 0.05) is 32.6 Å². The van der Waals surface area contributed by atoms with Crippen LogP contribution in [-0.2, 0) is 14.3 Å². The Balaban J connectivity index is 1.42. The number of carbonyl (C=O) groups excluding carboxylic acids is 3. The molecule has 3 fully saturated rings. The number of carbonyl (C=O) groups is 3. The largest absolute Gasteiger partial charge is 0.448 e. The van der Waals surface area contributed by atoms with Gasteiger partial charge in [-0.2, -0.15) is 0 Å². The topological polar surface area (TPSA) is 79.0 Å². The van der Waals surface area contributed by atoms with Crippen molar-refractivity contribution in [3.05, 3.63) is 0 Å². The maximum absolute atomic E-state index is 12.4. The summed E-state index contributed by atoms with van der Waals surface area (Å²) in [5.74, 6) is 0.649. The summed E-state index contributed by atoms with van der Waals surface area (Å²) in [7, 11) is 0. The molecule has 3 rings (SSSR count). The molecule has 140 valence electrons. The third-order valence-corrected chi connectivity index (χ3v) is 5.60. The monoisotopic (exact) mass is 351 g/mol. The van der Waals surface area contributed by atoms with E-state index in [9.17, 15) is 14.4 Å². The first-order chi connectivity index (χ1) is 12.1. The molecule has 0 aromatic rings. The molecule has 2 aliphatic heterocycles. The van der Waals surface area contributed by atoms with Gasteiger partial charge in [0.2, 0.25) is 11.8 Å². The maximum atomic E-state index is 12.4. The molecular formula is C18H29N3O4. The van der Waals surface area contributed by atoms with Crippen LogP contribution in [0.1, 0.15) is 44.9 Å². The van der Waals surface area contributed by atoms with Gasteiger partial charge in [0.15, 0.2) is 0 Å². The highest BCUT2D eigenvalue weighted by molar-refractivity contribution is 5.83. The first-order valence-corrected chi connectivity index (χ1v) is 9.60. The lowest BCUT2D eigenvalue weighted by atomic mass is 9.87. The first-order valence-electron chi connectivity index (χ1n) is 9.60. The lowest BCUT2D eigenvalue weighted by molar-refractivity contribution is -0.139. The zero-order chi connectivity index (χ0) is 17.6. The SMILES string of the molecule is O=C(NCCN1CCOC1=O)C1CCC(=O)N(CC2CCCCC2)C1. The van der Waals surface area contributed by atoms with Crippen molar-refractivity contribution in [1.29, 1.82) is 0 Å². The Hall–Kier alpha value is -1.79. The van der Waals surface area contributed by atoms with Crippen LogP contribution >= 0.6 is 0 Å². The predicted molar refractivity (Wildman–Crippen MR) is 91.8 cm³/mol. The average molecular weight is 351 g/mol. The minimum absolute atomic E-state index is 0.00583. The van der Waals surface area contributed by atoms with E-state index < -0.39 is 0 Å². The van der Waals surface area contributed by atoms with Crippen molar-refractivity contribution in [3.8, 4) is 0 Å². The highest BCUT2D eigenvalue weighted by Crippen LogP contribution is 2.27. The summed E-state index contributed by atoms with van der Waals surface area (Å²) >= 11 is 0. The van der Waals surface area contributed by atoms with Crippen molar-refractivity contribution in [1.82, 2.24) is 15.1 Å². The Kier molecular flexibility index (Phi) is 6.15. The molecule has 25 heavy (non-hydrogen) atoms. The van der Waals surface area contributed by atoms with Crippen molar-refractivity contribution in [3.63, 3.8) is 0 Å². The van der Waals surface area contributed by atoms with Gasteiger partial charge in [0.1, 0.15) is 6.61 Å². The fourth-order valence-corrected chi connectivity index (χ4v) is 4.07. The van der Waals surface area contributed by atoms with Crippen LogP contribution in [0.2, 0.25) is 0 Å². The average Bonchev–Trinajstić information content (AvgIpc) is 3.03. The van der Waals surface area contributed by atoms with Crippen molar-refractivity contribution in [2.24, 2.45) is 11.8 Å². The van der Waals surface area contributed by atoms with Gasteiger partial charge in [-0.15, -0.1) is 0 Å². The summed E-state index contributed by atoms with van der Waals surface area (Å²) in [5, 5.41) is 2.91. The van der Waals surface area contributed by atoms with E-state index in [-0.39, 0.29) is 23.8 Å². The third-order valence-electron chi connectivity index (χ3n) is 5.60. The van der Waals surface area contributed by atoms with E-state index in [1.165, 1.54) is 32.1 Å². The quantitative estimate of drug-likeness (QED) is 0.784. The molecule has 2 saturated heterocycles. The summed E-state index contributed by atoms with van der Waals surface area (Å²) in [5.41, 5.74) is 0. The fraction of sp³-hybridized carbons (Fsp3) is 0.833. The van der Waals surface area contributed by atoms with Crippen LogP contribution in [0.3, 0.4) is 0 Å². The standard InChI is InChI=1S/C18H29N3O4/c22-16-7-6-15(13-21(16)12-14-4-2-1-3-5-14)17(23)19-8-9-20-10-11-25-18(20)24/h14-15H,1-13H2,(H,19,23). The highest BCUT2D eigenvalue weighted by atomic mass is 16.6. The van der Waals surface area contributed by atoms with Gasteiger partial charge in [-0.05, 0) is 25.2 Å². The molecule has 1 atom stereocenters. The summed E-state index contributed by atoms with van der Waals surface area (Å²) in [6, 6.07) is 0. The van der Waals surface area contributed by atoms with Crippen molar-refractivity contribution in [2.45, 2.75) is 44.9 Å². The number of cyclic esters (lactones) is 1. The van der Waals surface area contributed by atoms with Crippen LogP contribution in [-0.4, -0.2) is 67.0 Å². The number of hydrogen-bond donors (Lipinski definition) is 1. The number of nitrogens with one attached hydrogen (secondary N) is 1.